The van der Waals surface area contributed by atoms with Crippen LogP contribution in [0.5, 0.6) is 0 Å². The van der Waals surface area contributed by atoms with Gasteiger partial charge in [0.05, 0.1) is 18.4 Å². The molecule has 0 amide bonds. The van der Waals surface area contributed by atoms with Gasteiger partial charge in [0.1, 0.15) is 0 Å². The number of nitrogen functional groups attached to an aromatic ring is 1. The number of anilines is 1. The number of nitrogens with zero attached hydrogens (tertiary/aromatic N) is 3. The molecule has 18 heavy (non-hydrogen) atoms. The maximum atomic E-state index is 11.7. The lowest BCUT2D eigenvalue weighted by molar-refractivity contribution is 0.622. The van der Waals surface area contributed by atoms with Crippen LogP contribution in [0.15, 0.2) is 23.3 Å². The van der Waals surface area contributed by atoms with Crippen molar-refractivity contribution in [2.45, 2.75) is 27.3 Å². The summed E-state index contributed by atoms with van der Waals surface area (Å²) in [6, 6.07) is 1.56. The molecule has 0 aromatic carbocycles. The summed E-state index contributed by atoms with van der Waals surface area (Å²) in [7, 11) is 0. The molecule has 0 atom stereocenters. The number of rotatable bonds is 2. The van der Waals surface area contributed by atoms with Gasteiger partial charge in [0.15, 0.2) is 0 Å². The zero-order chi connectivity index (χ0) is 13.3. The SMILES string of the molecule is Cc1cnn(Cc2ncc(C)c(N)c2C)c(=O)c1. The standard InChI is InChI=1S/C13H16N4O/c1-8-4-12(18)17(16-5-8)7-11-10(3)13(14)9(2)6-15-11/h4-6H,7H2,1-3H3,(H2,14,15). The molecule has 0 aliphatic rings. The molecule has 2 aromatic rings. The highest BCUT2D eigenvalue weighted by Crippen LogP contribution is 2.17. The lowest BCUT2D eigenvalue weighted by atomic mass is 10.1. The summed E-state index contributed by atoms with van der Waals surface area (Å²) >= 11 is 0. The van der Waals surface area contributed by atoms with Crippen LogP contribution in [0.25, 0.3) is 0 Å². The lowest BCUT2D eigenvalue weighted by Crippen LogP contribution is -2.23. The molecule has 0 fully saturated rings. The van der Waals surface area contributed by atoms with Crippen LogP contribution < -0.4 is 11.3 Å². The van der Waals surface area contributed by atoms with Crippen molar-refractivity contribution in [1.29, 1.82) is 0 Å². The summed E-state index contributed by atoms with van der Waals surface area (Å²) in [5.74, 6) is 0. The average molecular weight is 244 g/mol. The Hall–Kier alpha value is -2.17. The first-order chi connectivity index (χ1) is 8.49. The molecule has 0 unspecified atom stereocenters. The van der Waals surface area contributed by atoms with Crippen molar-refractivity contribution >= 4 is 5.69 Å². The normalized spacial score (nSPS) is 10.6. The van der Waals surface area contributed by atoms with E-state index in [2.05, 4.69) is 10.1 Å². The first kappa shape index (κ1) is 12.3. The highest BCUT2D eigenvalue weighted by Gasteiger charge is 2.08. The van der Waals surface area contributed by atoms with Gasteiger partial charge in [0.25, 0.3) is 5.56 Å². The fourth-order valence-corrected chi connectivity index (χ4v) is 1.74. The Morgan fingerprint density at radius 3 is 2.67 bits per heavy atom. The van der Waals surface area contributed by atoms with E-state index in [9.17, 15) is 4.79 Å². The zero-order valence-corrected chi connectivity index (χ0v) is 10.8. The third-order valence-corrected chi connectivity index (χ3v) is 2.98. The predicted molar refractivity (Wildman–Crippen MR) is 70.5 cm³/mol. The van der Waals surface area contributed by atoms with E-state index in [1.165, 1.54) is 4.68 Å². The smallest absolute Gasteiger partial charge is 0.267 e. The number of aromatic nitrogens is 3. The van der Waals surface area contributed by atoms with E-state index >= 15 is 0 Å². The molecule has 2 rings (SSSR count). The molecule has 0 spiro atoms. The molecule has 5 heteroatoms. The Bertz CT molecular complexity index is 646. The predicted octanol–water partition coefficient (Wildman–Crippen LogP) is 1.19. The molecule has 0 radical (unpaired) electrons. The molecule has 0 saturated carbocycles. The number of nitrogens with two attached hydrogens (primary N) is 1. The minimum absolute atomic E-state index is 0.129. The molecule has 0 saturated heterocycles. The van der Waals surface area contributed by atoms with E-state index in [4.69, 9.17) is 5.73 Å². The Kier molecular flexibility index (Phi) is 3.14. The molecular formula is C13H16N4O. The van der Waals surface area contributed by atoms with Crippen molar-refractivity contribution in [2.75, 3.05) is 5.73 Å². The highest BCUT2D eigenvalue weighted by atomic mass is 16.1. The van der Waals surface area contributed by atoms with Crippen molar-refractivity contribution in [2.24, 2.45) is 0 Å². The van der Waals surface area contributed by atoms with E-state index < -0.39 is 0 Å². The molecular weight excluding hydrogens is 228 g/mol. The van der Waals surface area contributed by atoms with Crippen LogP contribution in [0.1, 0.15) is 22.4 Å². The van der Waals surface area contributed by atoms with Gasteiger partial charge in [-0.1, -0.05) is 0 Å². The fourth-order valence-electron chi connectivity index (χ4n) is 1.74. The van der Waals surface area contributed by atoms with E-state index in [0.29, 0.717) is 6.54 Å². The van der Waals surface area contributed by atoms with Gasteiger partial charge < -0.3 is 5.73 Å². The summed E-state index contributed by atoms with van der Waals surface area (Å²) in [6.45, 7) is 6.00. The van der Waals surface area contributed by atoms with Gasteiger partial charge in [0.2, 0.25) is 0 Å². The number of hydrogen-bond donors (Lipinski definition) is 1. The number of aryl methyl sites for hydroxylation is 2. The second-order valence-corrected chi connectivity index (χ2v) is 4.46. The van der Waals surface area contributed by atoms with E-state index in [0.717, 1.165) is 28.1 Å². The Labute approximate surface area is 105 Å². The summed E-state index contributed by atoms with van der Waals surface area (Å²) in [5.41, 5.74) is 10.0. The topological polar surface area (TPSA) is 73.8 Å². The van der Waals surface area contributed by atoms with Crippen molar-refractivity contribution < 1.29 is 0 Å². The fraction of sp³-hybridized carbons (Fsp3) is 0.308. The summed E-state index contributed by atoms with van der Waals surface area (Å²) in [6.07, 6.45) is 3.38. The van der Waals surface area contributed by atoms with Gasteiger partial charge in [-0.25, -0.2) is 4.68 Å². The molecule has 2 N–H and O–H groups in total. The molecule has 2 heterocycles. The minimum Gasteiger partial charge on any atom is -0.398 e. The number of pyridine rings is 1. The van der Waals surface area contributed by atoms with Gasteiger partial charge in [-0.3, -0.25) is 9.78 Å². The molecule has 0 bridgehead atoms. The van der Waals surface area contributed by atoms with Crippen molar-refractivity contribution in [3.63, 3.8) is 0 Å². The van der Waals surface area contributed by atoms with Crippen molar-refractivity contribution in [3.8, 4) is 0 Å². The summed E-state index contributed by atoms with van der Waals surface area (Å²) in [4.78, 5) is 16.1. The third-order valence-electron chi connectivity index (χ3n) is 2.98. The van der Waals surface area contributed by atoms with Gasteiger partial charge >= 0.3 is 0 Å². The average Bonchev–Trinajstić information content (AvgIpc) is 2.33. The molecule has 5 nitrogen and oxygen atoms in total. The quantitative estimate of drug-likeness (QED) is 0.861. The lowest BCUT2D eigenvalue weighted by Gasteiger charge is -2.10. The van der Waals surface area contributed by atoms with Crippen LogP contribution in [-0.2, 0) is 6.54 Å². The second kappa shape index (κ2) is 4.60. The van der Waals surface area contributed by atoms with Gasteiger partial charge in [-0.05, 0) is 37.5 Å². The van der Waals surface area contributed by atoms with Crippen LogP contribution in [-0.4, -0.2) is 14.8 Å². The van der Waals surface area contributed by atoms with Gasteiger partial charge in [0, 0.05) is 18.0 Å². The van der Waals surface area contributed by atoms with Gasteiger partial charge in [-0.2, -0.15) is 5.10 Å². The van der Waals surface area contributed by atoms with Crippen molar-refractivity contribution in [3.05, 3.63) is 51.2 Å². The maximum absolute atomic E-state index is 11.7. The van der Waals surface area contributed by atoms with E-state index in [1.54, 1.807) is 18.5 Å². The summed E-state index contributed by atoms with van der Waals surface area (Å²) in [5, 5.41) is 4.09. The molecule has 94 valence electrons. The van der Waals surface area contributed by atoms with Crippen LogP contribution >= 0.6 is 0 Å². The first-order valence-electron chi connectivity index (χ1n) is 5.73. The number of hydrogen-bond acceptors (Lipinski definition) is 4. The van der Waals surface area contributed by atoms with Crippen LogP contribution in [0.2, 0.25) is 0 Å². The Morgan fingerprint density at radius 1 is 1.28 bits per heavy atom. The molecule has 0 aliphatic heterocycles. The van der Waals surface area contributed by atoms with Gasteiger partial charge in [-0.15, -0.1) is 0 Å². The largest absolute Gasteiger partial charge is 0.398 e. The summed E-state index contributed by atoms with van der Waals surface area (Å²) < 4.78 is 1.39. The third kappa shape index (κ3) is 2.25. The first-order valence-corrected chi connectivity index (χ1v) is 5.73. The highest BCUT2D eigenvalue weighted by molar-refractivity contribution is 5.53. The Balaban J connectivity index is 2.41. The van der Waals surface area contributed by atoms with Crippen LogP contribution in [0, 0.1) is 20.8 Å². The molecule has 2 aromatic heterocycles. The monoisotopic (exact) mass is 244 g/mol. The van der Waals surface area contributed by atoms with Crippen LogP contribution in [0.4, 0.5) is 5.69 Å². The maximum Gasteiger partial charge on any atom is 0.267 e. The second-order valence-electron chi connectivity index (χ2n) is 4.46. The van der Waals surface area contributed by atoms with Crippen LogP contribution in [0.3, 0.4) is 0 Å². The van der Waals surface area contributed by atoms with E-state index in [-0.39, 0.29) is 5.56 Å². The molecule has 0 aliphatic carbocycles. The Morgan fingerprint density at radius 2 is 2.00 bits per heavy atom. The van der Waals surface area contributed by atoms with Crippen molar-refractivity contribution in [1.82, 2.24) is 14.8 Å². The van der Waals surface area contributed by atoms with E-state index in [1.807, 2.05) is 20.8 Å². The minimum atomic E-state index is -0.129. The zero-order valence-electron chi connectivity index (χ0n) is 10.8.